The summed E-state index contributed by atoms with van der Waals surface area (Å²) < 4.78 is 0. The predicted octanol–water partition coefficient (Wildman–Crippen LogP) is 1.98. The summed E-state index contributed by atoms with van der Waals surface area (Å²) >= 11 is 0. The van der Waals surface area contributed by atoms with Gasteiger partial charge in [0.1, 0.15) is 0 Å². The summed E-state index contributed by atoms with van der Waals surface area (Å²) in [4.78, 5) is 11.4. The van der Waals surface area contributed by atoms with E-state index >= 15 is 0 Å². The Morgan fingerprint density at radius 1 is 1.47 bits per heavy atom. The van der Waals surface area contributed by atoms with E-state index in [1.54, 1.807) is 0 Å². The van der Waals surface area contributed by atoms with E-state index in [1.165, 1.54) is 0 Å². The Morgan fingerprint density at radius 2 is 2.07 bits per heavy atom. The number of amides is 1. The molecule has 15 heavy (non-hydrogen) atoms. The fourth-order valence-corrected chi connectivity index (χ4v) is 1.27. The van der Waals surface area contributed by atoms with Gasteiger partial charge in [0.15, 0.2) is 0 Å². The molecule has 0 aliphatic carbocycles. The van der Waals surface area contributed by atoms with Gasteiger partial charge in [-0.25, -0.2) is 0 Å². The topological polar surface area (TPSA) is 55.1 Å². The number of carbonyl (C=O) groups excluding carboxylic acids is 1. The predicted molar refractivity (Wildman–Crippen MR) is 64.6 cm³/mol. The maximum absolute atomic E-state index is 11.4. The first-order valence-electron chi connectivity index (χ1n) is 5.74. The molecule has 0 saturated heterocycles. The van der Waals surface area contributed by atoms with Gasteiger partial charge in [-0.05, 0) is 25.7 Å². The molecular formula is C12H24N2O. The van der Waals surface area contributed by atoms with Crippen LogP contribution in [-0.2, 0) is 4.79 Å². The summed E-state index contributed by atoms with van der Waals surface area (Å²) in [5, 5.41) is 2.89. The third-order valence-electron chi connectivity index (χ3n) is 2.86. The zero-order chi connectivity index (χ0) is 11.7. The number of allylic oxidation sites excluding steroid dienone is 1. The molecule has 0 saturated carbocycles. The Labute approximate surface area is 93.1 Å². The Morgan fingerprint density at radius 3 is 2.53 bits per heavy atom. The molecule has 0 fully saturated rings. The van der Waals surface area contributed by atoms with Gasteiger partial charge >= 0.3 is 0 Å². The van der Waals surface area contributed by atoms with Crippen molar-refractivity contribution in [3.8, 4) is 0 Å². The molecule has 0 aromatic rings. The summed E-state index contributed by atoms with van der Waals surface area (Å²) in [5.74, 6) is 0.0913. The van der Waals surface area contributed by atoms with E-state index in [0.717, 1.165) is 25.7 Å². The second-order valence-electron chi connectivity index (χ2n) is 4.03. The van der Waals surface area contributed by atoms with Crippen molar-refractivity contribution in [2.75, 3.05) is 6.54 Å². The van der Waals surface area contributed by atoms with Crippen molar-refractivity contribution >= 4 is 5.91 Å². The first-order valence-corrected chi connectivity index (χ1v) is 5.74. The van der Waals surface area contributed by atoms with E-state index < -0.39 is 0 Å². The highest BCUT2D eigenvalue weighted by molar-refractivity contribution is 5.75. The molecule has 0 unspecified atom stereocenters. The maximum Gasteiger partial charge on any atom is 0.220 e. The Balaban J connectivity index is 3.73. The molecule has 0 heterocycles. The number of unbranched alkanes of at least 4 members (excludes halogenated alkanes) is 1. The van der Waals surface area contributed by atoms with E-state index in [4.69, 9.17) is 5.73 Å². The lowest BCUT2D eigenvalue weighted by atomic mass is 9.94. The van der Waals surface area contributed by atoms with Crippen LogP contribution in [0.15, 0.2) is 12.7 Å². The van der Waals surface area contributed by atoms with Gasteiger partial charge in [0.05, 0.1) is 0 Å². The lowest BCUT2D eigenvalue weighted by Crippen LogP contribution is -2.49. The van der Waals surface area contributed by atoms with Crippen molar-refractivity contribution in [1.82, 2.24) is 5.32 Å². The minimum Gasteiger partial charge on any atom is -0.354 e. The summed E-state index contributed by atoms with van der Waals surface area (Å²) in [6, 6.07) is 0. The smallest absolute Gasteiger partial charge is 0.220 e. The minimum absolute atomic E-state index is 0.0913. The van der Waals surface area contributed by atoms with Crippen molar-refractivity contribution in [3.05, 3.63) is 12.7 Å². The molecule has 3 nitrogen and oxygen atoms in total. The average Bonchev–Trinajstić information content (AvgIpc) is 2.26. The van der Waals surface area contributed by atoms with Crippen LogP contribution in [0.2, 0.25) is 0 Å². The SMILES string of the molecule is C=CCCCC(=O)NCC(N)(CC)CC. The molecule has 3 N–H and O–H groups in total. The van der Waals surface area contributed by atoms with Gasteiger partial charge in [-0.15, -0.1) is 6.58 Å². The van der Waals surface area contributed by atoms with Crippen molar-refractivity contribution in [1.29, 1.82) is 0 Å². The van der Waals surface area contributed by atoms with Gasteiger partial charge in [-0.2, -0.15) is 0 Å². The molecule has 0 radical (unpaired) electrons. The van der Waals surface area contributed by atoms with Crippen LogP contribution < -0.4 is 11.1 Å². The van der Waals surface area contributed by atoms with Gasteiger partial charge in [0, 0.05) is 18.5 Å². The number of hydrogen-bond acceptors (Lipinski definition) is 2. The summed E-state index contributed by atoms with van der Waals surface area (Å²) in [6.07, 6.45) is 5.93. The zero-order valence-electron chi connectivity index (χ0n) is 10.0. The number of carbonyl (C=O) groups is 1. The molecule has 0 aliphatic rings. The molecule has 0 aromatic heterocycles. The molecule has 0 aromatic carbocycles. The Hall–Kier alpha value is -0.830. The molecular weight excluding hydrogens is 188 g/mol. The summed E-state index contributed by atoms with van der Waals surface area (Å²) in [7, 11) is 0. The largest absolute Gasteiger partial charge is 0.354 e. The monoisotopic (exact) mass is 212 g/mol. The standard InChI is InChI=1S/C12H24N2O/c1-4-7-8-9-11(15)14-10-12(13,5-2)6-3/h4H,1,5-10,13H2,2-3H3,(H,14,15). The number of hydrogen-bond donors (Lipinski definition) is 2. The highest BCUT2D eigenvalue weighted by atomic mass is 16.1. The second kappa shape index (κ2) is 7.46. The Bertz CT molecular complexity index is 198. The molecule has 0 atom stereocenters. The summed E-state index contributed by atoms with van der Waals surface area (Å²) in [5.41, 5.74) is 5.83. The maximum atomic E-state index is 11.4. The number of nitrogens with two attached hydrogens (primary N) is 1. The van der Waals surface area contributed by atoms with E-state index in [2.05, 4.69) is 11.9 Å². The molecule has 88 valence electrons. The first kappa shape index (κ1) is 14.2. The highest BCUT2D eigenvalue weighted by Crippen LogP contribution is 2.09. The van der Waals surface area contributed by atoms with Gasteiger partial charge in [0.25, 0.3) is 0 Å². The number of nitrogens with one attached hydrogen (secondary N) is 1. The molecule has 3 heteroatoms. The van der Waals surface area contributed by atoms with Gasteiger partial charge < -0.3 is 11.1 Å². The van der Waals surface area contributed by atoms with E-state index in [0.29, 0.717) is 13.0 Å². The molecule has 0 bridgehead atoms. The number of rotatable bonds is 8. The van der Waals surface area contributed by atoms with Crippen molar-refractivity contribution in [2.45, 2.75) is 51.5 Å². The van der Waals surface area contributed by atoms with Crippen LogP contribution in [0.1, 0.15) is 46.0 Å². The van der Waals surface area contributed by atoms with Gasteiger partial charge in [0.2, 0.25) is 5.91 Å². The molecule has 0 aliphatic heterocycles. The van der Waals surface area contributed by atoms with Gasteiger partial charge in [-0.1, -0.05) is 19.9 Å². The van der Waals surface area contributed by atoms with Crippen LogP contribution in [0.4, 0.5) is 0 Å². The zero-order valence-corrected chi connectivity index (χ0v) is 10.0. The average molecular weight is 212 g/mol. The normalized spacial score (nSPS) is 11.1. The van der Waals surface area contributed by atoms with E-state index in [1.807, 2.05) is 19.9 Å². The quantitative estimate of drug-likeness (QED) is 0.477. The van der Waals surface area contributed by atoms with Gasteiger partial charge in [-0.3, -0.25) is 4.79 Å². The minimum atomic E-state index is -0.242. The highest BCUT2D eigenvalue weighted by Gasteiger charge is 2.20. The molecule has 0 rings (SSSR count). The van der Waals surface area contributed by atoms with Crippen LogP contribution in [0.25, 0.3) is 0 Å². The molecule has 1 amide bonds. The fraction of sp³-hybridized carbons (Fsp3) is 0.750. The van der Waals surface area contributed by atoms with Crippen LogP contribution in [-0.4, -0.2) is 18.0 Å². The molecule has 0 spiro atoms. The van der Waals surface area contributed by atoms with Crippen LogP contribution >= 0.6 is 0 Å². The van der Waals surface area contributed by atoms with Crippen LogP contribution in [0.3, 0.4) is 0 Å². The van der Waals surface area contributed by atoms with Crippen molar-refractivity contribution in [3.63, 3.8) is 0 Å². The van der Waals surface area contributed by atoms with Crippen molar-refractivity contribution in [2.24, 2.45) is 5.73 Å². The summed E-state index contributed by atoms with van der Waals surface area (Å²) in [6.45, 7) is 8.29. The Kier molecular flexibility index (Phi) is 7.05. The van der Waals surface area contributed by atoms with Crippen LogP contribution in [0.5, 0.6) is 0 Å². The first-order chi connectivity index (χ1) is 7.08. The lowest BCUT2D eigenvalue weighted by Gasteiger charge is -2.26. The third kappa shape index (κ3) is 6.28. The van der Waals surface area contributed by atoms with Crippen molar-refractivity contribution < 1.29 is 4.79 Å². The van der Waals surface area contributed by atoms with E-state index in [-0.39, 0.29) is 11.4 Å². The second-order valence-corrected chi connectivity index (χ2v) is 4.03. The fourth-order valence-electron chi connectivity index (χ4n) is 1.27. The third-order valence-corrected chi connectivity index (χ3v) is 2.86. The lowest BCUT2D eigenvalue weighted by molar-refractivity contribution is -0.121. The van der Waals surface area contributed by atoms with E-state index in [9.17, 15) is 4.79 Å². The van der Waals surface area contributed by atoms with Crippen LogP contribution in [0, 0.1) is 0 Å².